The Balaban J connectivity index is 2.99. The summed E-state index contributed by atoms with van der Waals surface area (Å²) in [5.74, 6) is 0.722. The van der Waals surface area contributed by atoms with Gasteiger partial charge >= 0.3 is 0 Å². The Labute approximate surface area is 119 Å². The van der Waals surface area contributed by atoms with Crippen molar-refractivity contribution < 1.29 is 4.74 Å². The zero-order chi connectivity index (χ0) is 13.7. The van der Waals surface area contributed by atoms with Gasteiger partial charge in [-0.2, -0.15) is 0 Å². The largest absolute Gasteiger partial charge is 0.489 e. The van der Waals surface area contributed by atoms with E-state index in [9.17, 15) is 0 Å². The maximum atomic E-state index is 6.21. The second-order valence-corrected chi connectivity index (χ2v) is 5.62. The third-order valence-corrected chi connectivity index (χ3v) is 3.14. The molecule has 0 saturated carbocycles. The Morgan fingerprint density at radius 3 is 2.50 bits per heavy atom. The molecular formula is C14H21Cl2NO. The monoisotopic (exact) mass is 289 g/mol. The molecule has 0 aliphatic heterocycles. The summed E-state index contributed by atoms with van der Waals surface area (Å²) >= 11 is 12.2. The molecule has 102 valence electrons. The molecule has 1 rings (SSSR count). The molecule has 0 aliphatic carbocycles. The van der Waals surface area contributed by atoms with Gasteiger partial charge in [0.25, 0.3) is 0 Å². The fraction of sp³-hybridized carbons (Fsp3) is 0.571. The normalized spacial score (nSPS) is 14.3. The van der Waals surface area contributed by atoms with E-state index in [0.29, 0.717) is 16.5 Å². The molecule has 0 aromatic heterocycles. The van der Waals surface area contributed by atoms with Crippen LogP contribution in [0.5, 0.6) is 5.75 Å². The quantitative estimate of drug-likeness (QED) is 0.840. The standard InChI is InChI=1S/C14H21Cl2NO/c1-4-5-10(3)18-14-11(6-9(2)17)7-12(15)8-13(14)16/h7-10H,4-6,17H2,1-3H3. The second-order valence-electron chi connectivity index (χ2n) is 4.77. The first-order valence-corrected chi connectivity index (χ1v) is 7.09. The highest BCUT2D eigenvalue weighted by atomic mass is 35.5. The van der Waals surface area contributed by atoms with Gasteiger partial charge in [-0.3, -0.25) is 0 Å². The van der Waals surface area contributed by atoms with E-state index in [4.69, 9.17) is 33.7 Å². The summed E-state index contributed by atoms with van der Waals surface area (Å²) in [5, 5.41) is 1.17. The average molecular weight is 290 g/mol. The van der Waals surface area contributed by atoms with E-state index in [1.807, 2.05) is 19.9 Å². The Morgan fingerprint density at radius 1 is 1.28 bits per heavy atom. The maximum Gasteiger partial charge on any atom is 0.141 e. The van der Waals surface area contributed by atoms with Gasteiger partial charge in [-0.05, 0) is 44.4 Å². The zero-order valence-electron chi connectivity index (χ0n) is 11.2. The molecule has 0 saturated heterocycles. The highest BCUT2D eigenvalue weighted by molar-refractivity contribution is 6.35. The average Bonchev–Trinajstić information content (AvgIpc) is 2.22. The number of rotatable bonds is 6. The van der Waals surface area contributed by atoms with Crippen molar-refractivity contribution >= 4 is 23.2 Å². The highest BCUT2D eigenvalue weighted by Crippen LogP contribution is 2.34. The first-order chi connectivity index (χ1) is 8.43. The Hall–Kier alpha value is -0.440. The van der Waals surface area contributed by atoms with Gasteiger partial charge in [-0.1, -0.05) is 36.5 Å². The van der Waals surface area contributed by atoms with Gasteiger partial charge in [0.2, 0.25) is 0 Å². The summed E-state index contributed by atoms with van der Waals surface area (Å²) in [6.07, 6.45) is 2.92. The van der Waals surface area contributed by atoms with E-state index < -0.39 is 0 Å². The smallest absolute Gasteiger partial charge is 0.141 e. The lowest BCUT2D eigenvalue weighted by molar-refractivity contribution is 0.208. The van der Waals surface area contributed by atoms with Crippen LogP contribution in [0, 0.1) is 0 Å². The van der Waals surface area contributed by atoms with E-state index in [-0.39, 0.29) is 12.1 Å². The maximum absolute atomic E-state index is 6.21. The summed E-state index contributed by atoms with van der Waals surface area (Å²) in [6, 6.07) is 3.63. The molecule has 2 unspecified atom stereocenters. The van der Waals surface area contributed by atoms with Gasteiger partial charge in [0.1, 0.15) is 5.75 Å². The van der Waals surface area contributed by atoms with Crippen LogP contribution in [-0.2, 0) is 6.42 Å². The van der Waals surface area contributed by atoms with Gasteiger partial charge in [0.15, 0.2) is 0 Å². The number of hydrogen-bond acceptors (Lipinski definition) is 2. The van der Waals surface area contributed by atoms with Crippen molar-refractivity contribution in [1.82, 2.24) is 0 Å². The number of nitrogens with two attached hydrogens (primary N) is 1. The molecule has 0 radical (unpaired) electrons. The molecule has 0 heterocycles. The molecule has 1 aromatic carbocycles. The van der Waals surface area contributed by atoms with Crippen LogP contribution in [0.1, 0.15) is 39.2 Å². The summed E-state index contributed by atoms with van der Waals surface area (Å²) in [6.45, 7) is 6.13. The van der Waals surface area contributed by atoms with Gasteiger partial charge < -0.3 is 10.5 Å². The molecule has 0 bridgehead atoms. The Kier molecular flexibility index (Phi) is 6.27. The van der Waals surface area contributed by atoms with Crippen LogP contribution in [0.15, 0.2) is 12.1 Å². The molecule has 0 aliphatic rings. The molecule has 4 heteroatoms. The molecule has 2 nitrogen and oxygen atoms in total. The van der Waals surface area contributed by atoms with Crippen LogP contribution in [-0.4, -0.2) is 12.1 Å². The van der Waals surface area contributed by atoms with Gasteiger partial charge in [0.05, 0.1) is 11.1 Å². The fourth-order valence-electron chi connectivity index (χ4n) is 1.91. The fourth-order valence-corrected chi connectivity index (χ4v) is 2.49. The predicted molar refractivity (Wildman–Crippen MR) is 78.8 cm³/mol. The molecule has 0 spiro atoms. The lowest BCUT2D eigenvalue weighted by atomic mass is 10.1. The van der Waals surface area contributed by atoms with Crippen molar-refractivity contribution in [3.8, 4) is 5.75 Å². The molecule has 2 N–H and O–H groups in total. The minimum Gasteiger partial charge on any atom is -0.489 e. The topological polar surface area (TPSA) is 35.2 Å². The molecular weight excluding hydrogens is 269 g/mol. The lowest BCUT2D eigenvalue weighted by Crippen LogP contribution is -2.19. The van der Waals surface area contributed by atoms with Crippen molar-refractivity contribution in [2.75, 3.05) is 0 Å². The summed E-state index contributed by atoms with van der Waals surface area (Å²) in [4.78, 5) is 0. The van der Waals surface area contributed by atoms with Gasteiger partial charge in [-0.25, -0.2) is 0 Å². The molecule has 1 aromatic rings. The SMILES string of the molecule is CCCC(C)Oc1c(Cl)cc(Cl)cc1CC(C)N. The van der Waals surface area contributed by atoms with Crippen molar-refractivity contribution in [1.29, 1.82) is 0 Å². The van der Waals surface area contributed by atoms with E-state index in [0.717, 1.165) is 24.2 Å². The van der Waals surface area contributed by atoms with Crippen LogP contribution in [0.4, 0.5) is 0 Å². The van der Waals surface area contributed by atoms with Crippen LogP contribution >= 0.6 is 23.2 Å². The summed E-state index contributed by atoms with van der Waals surface area (Å²) in [5.41, 5.74) is 6.82. The van der Waals surface area contributed by atoms with Gasteiger partial charge in [-0.15, -0.1) is 0 Å². The summed E-state index contributed by atoms with van der Waals surface area (Å²) in [7, 11) is 0. The van der Waals surface area contributed by atoms with E-state index in [2.05, 4.69) is 6.92 Å². The second kappa shape index (κ2) is 7.22. The predicted octanol–water partition coefficient (Wildman–Crippen LogP) is 4.45. The molecule has 2 atom stereocenters. The van der Waals surface area contributed by atoms with Crippen molar-refractivity contribution in [2.24, 2.45) is 5.73 Å². The molecule has 0 amide bonds. The first kappa shape index (κ1) is 15.6. The zero-order valence-corrected chi connectivity index (χ0v) is 12.7. The minimum absolute atomic E-state index is 0.0448. The van der Waals surface area contributed by atoms with Crippen LogP contribution in [0.2, 0.25) is 10.0 Å². The third kappa shape index (κ3) is 4.68. The number of ether oxygens (including phenoxy) is 1. The lowest BCUT2D eigenvalue weighted by Gasteiger charge is -2.19. The van der Waals surface area contributed by atoms with E-state index >= 15 is 0 Å². The van der Waals surface area contributed by atoms with Crippen molar-refractivity contribution in [2.45, 2.75) is 52.2 Å². The van der Waals surface area contributed by atoms with E-state index in [1.54, 1.807) is 6.07 Å². The number of hydrogen-bond donors (Lipinski definition) is 1. The highest BCUT2D eigenvalue weighted by Gasteiger charge is 2.14. The molecule has 0 fully saturated rings. The number of halogens is 2. The molecule has 18 heavy (non-hydrogen) atoms. The Bertz CT molecular complexity index is 394. The first-order valence-electron chi connectivity index (χ1n) is 6.34. The van der Waals surface area contributed by atoms with Crippen molar-refractivity contribution in [3.63, 3.8) is 0 Å². The number of benzene rings is 1. The van der Waals surface area contributed by atoms with E-state index in [1.165, 1.54) is 0 Å². The van der Waals surface area contributed by atoms with Crippen molar-refractivity contribution in [3.05, 3.63) is 27.7 Å². The van der Waals surface area contributed by atoms with Gasteiger partial charge in [0, 0.05) is 11.1 Å². The third-order valence-electron chi connectivity index (χ3n) is 2.64. The minimum atomic E-state index is 0.0448. The Morgan fingerprint density at radius 2 is 1.94 bits per heavy atom. The van der Waals surface area contributed by atoms with Crippen LogP contribution in [0.3, 0.4) is 0 Å². The van der Waals surface area contributed by atoms with Crippen LogP contribution in [0.25, 0.3) is 0 Å². The summed E-state index contributed by atoms with van der Waals surface area (Å²) < 4.78 is 5.93. The van der Waals surface area contributed by atoms with Crippen LogP contribution < -0.4 is 10.5 Å².